The minimum absolute atomic E-state index is 0.178. The van der Waals surface area contributed by atoms with Gasteiger partial charge in [0.25, 0.3) is 0 Å². The maximum Gasteiger partial charge on any atom is 0.454 e. The Kier molecular flexibility index (Phi) is 5.40. The SMILES string of the molecule is Fc1ccccc1.OC(F)(C(F)F)C(F)(F)F. The topological polar surface area (TPSA) is 20.2 Å². The highest BCUT2D eigenvalue weighted by atomic mass is 19.4. The third-order valence-corrected chi connectivity index (χ3v) is 1.42. The molecular formula is C9H7F7O. The van der Waals surface area contributed by atoms with Crippen molar-refractivity contribution in [2.24, 2.45) is 0 Å². The zero-order chi connectivity index (χ0) is 13.7. The Balaban J connectivity index is 0.000000318. The Hall–Kier alpha value is -1.31. The van der Waals surface area contributed by atoms with Crippen molar-refractivity contribution in [3.05, 3.63) is 36.1 Å². The van der Waals surface area contributed by atoms with Crippen LogP contribution in [-0.4, -0.2) is 23.6 Å². The molecule has 1 aromatic carbocycles. The molecule has 8 heteroatoms. The van der Waals surface area contributed by atoms with Gasteiger partial charge in [-0.05, 0) is 12.1 Å². The van der Waals surface area contributed by atoms with Gasteiger partial charge >= 0.3 is 18.5 Å². The van der Waals surface area contributed by atoms with E-state index in [1.807, 2.05) is 0 Å². The monoisotopic (exact) mass is 264 g/mol. The quantitative estimate of drug-likeness (QED) is 0.771. The summed E-state index contributed by atoms with van der Waals surface area (Å²) in [5.41, 5.74) is 0. The van der Waals surface area contributed by atoms with Crippen molar-refractivity contribution < 1.29 is 35.8 Å². The van der Waals surface area contributed by atoms with E-state index in [4.69, 9.17) is 5.11 Å². The largest absolute Gasteiger partial charge is 0.454 e. The zero-order valence-corrected chi connectivity index (χ0v) is 8.06. The van der Waals surface area contributed by atoms with Crippen LogP contribution in [0.1, 0.15) is 0 Å². The molecular weight excluding hydrogens is 257 g/mol. The molecule has 0 aromatic heterocycles. The van der Waals surface area contributed by atoms with Crippen LogP contribution >= 0.6 is 0 Å². The van der Waals surface area contributed by atoms with Gasteiger partial charge in [-0.25, -0.2) is 13.2 Å². The number of rotatable bonds is 1. The van der Waals surface area contributed by atoms with Gasteiger partial charge in [-0.15, -0.1) is 0 Å². The van der Waals surface area contributed by atoms with Crippen LogP contribution in [0.3, 0.4) is 0 Å². The summed E-state index contributed by atoms with van der Waals surface area (Å²) in [7, 11) is 0. The minimum Gasteiger partial charge on any atom is -0.350 e. The van der Waals surface area contributed by atoms with Crippen LogP contribution in [0.4, 0.5) is 30.7 Å². The van der Waals surface area contributed by atoms with E-state index in [1.165, 1.54) is 12.1 Å². The Labute approximate surface area is 91.5 Å². The van der Waals surface area contributed by atoms with Gasteiger partial charge in [0.1, 0.15) is 5.82 Å². The molecule has 98 valence electrons. The van der Waals surface area contributed by atoms with Gasteiger partial charge in [-0.1, -0.05) is 18.2 Å². The van der Waals surface area contributed by atoms with Gasteiger partial charge < -0.3 is 5.11 Å². The van der Waals surface area contributed by atoms with E-state index in [1.54, 1.807) is 18.2 Å². The number of halogens is 7. The van der Waals surface area contributed by atoms with Gasteiger partial charge in [-0.3, -0.25) is 0 Å². The Bertz CT molecular complexity index is 320. The second-order valence-corrected chi connectivity index (χ2v) is 2.77. The lowest BCUT2D eigenvalue weighted by Crippen LogP contribution is -2.47. The van der Waals surface area contributed by atoms with Crippen molar-refractivity contribution in [1.29, 1.82) is 0 Å². The fraction of sp³-hybridized carbons (Fsp3) is 0.333. The number of hydrogen-bond acceptors (Lipinski definition) is 1. The van der Waals surface area contributed by atoms with Crippen LogP contribution in [0.15, 0.2) is 30.3 Å². The van der Waals surface area contributed by atoms with Crippen molar-refractivity contribution in [2.75, 3.05) is 0 Å². The summed E-state index contributed by atoms with van der Waals surface area (Å²) in [4.78, 5) is 0. The van der Waals surface area contributed by atoms with Crippen LogP contribution in [0.5, 0.6) is 0 Å². The average molecular weight is 264 g/mol. The van der Waals surface area contributed by atoms with Crippen molar-refractivity contribution in [1.82, 2.24) is 0 Å². The summed E-state index contributed by atoms with van der Waals surface area (Å²) in [6.45, 7) is 0. The van der Waals surface area contributed by atoms with Gasteiger partial charge in [0.05, 0.1) is 0 Å². The molecule has 0 fully saturated rings. The summed E-state index contributed by atoms with van der Waals surface area (Å²) in [6.07, 6.45) is -10.4. The first-order valence-corrected chi connectivity index (χ1v) is 4.05. The van der Waals surface area contributed by atoms with E-state index in [0.29, 0.717) is 0 Å². The number of aliphatic hydroxyl groups is 1. The summed E-state index contributed by atoms with van der Waals surface area (Å²) in [5, 5.41) is 7.39. The van der Waals surface area contributed by atoms with Crippen LogP contribution in [-0.2, 0) is 0 Å². The lowest BCUT2D eigenvalue weighted by atomic mass is 10.3. The molecule has 1 N–H and O–H groups in total. The van der Waals surface area contributed by atoms with Crippen LogP contribution < -0.4 is 0 Å². The zero-order valence-electron chi connectivity index (χ0n) is 8.06. The molecule has 0 spiro atoms. The molecule has 0 saturated carbocycles. The van der Waals surface area contributed by atoms with Crippen LogP contribution in [0.2, 0.25) is 0 Å². The summed E-state index contributed by atoms with van der Waals surface area (Å²) in [6, 6.07) is 7.94. The van der Waals surface area contributed by atoms with Gasteiger partial charge in [0.2, 0.25) is 0 Å². The normalized spacial score (nSPS) is 14.9. The highest BCUT2D eigenvalue weighted by molar-refractivity contribution is 5.02. The maximum atomic E-state index is 11.9. The predicted molar refractivity (Wildman–Crippen MR) is 44.5 cm³/mol. The number of benzene rings is 1. The Morgan fingerprint density at radius 1 is 0.941 bits per heavy atom. The standard InChI is InChI=1S/C6H5F.C3H2F6O/c7-6-4-2-1-3-5-6;4-1(5)2(6,10)3(7,8)9/h1-5H;1,10H. The van der Waals surface area contributed by atoms with Crippen molar-refractivity contribution in [3.8, 4) is 0 Å². The van der Waals surface area contributed by atoms with E-state index in [2.05, 4.69) is 0 Å². The number of alkyl halides is 6. The summed E-state index contributed by atoms with van der Waals surface area (Å²) < 4.78 is 78.2. The van der Waals surface area contributed by atoms with E-state index in [9.17, 15) is 30.7 Å². The summed E-state index contributed by atoms with van der Waals surface area (Å²) in [5.74, 6) is -5.57. The molecule has 0 aliphatic heterocycles. The number of hydrogen-bond donors (Lipinski definition) is 1. The average Bonchev–Trinajstić information content (AvgIpc) is 2.17. The second-order valence-electron chi connectivity index (χ2n) is 2.77. The predicted octanol–water partition coefficient (Wildman–Crippen LogP) is 3.30. The highest BCUT2D eigenvalue weighted by Crippen LogP contribution is 2.36. The molecule has 1 unspecified atom stereocenters. The van der Waals surface area contributed by atoms with Gasteiger partial charge in [0.15, 0.2) is 0 Å². The molecule has 1 rings (SSSR count). The van der Waals surface area contributed by atoms with E-state index < -0.39 is 18.5 Å². The lowest BCUT2D eigenvalue weighted by Gasteiger charge is -2.20. The first kappa shape index (κ1) is 15.7. The maximum absolute atomic E-state index is 11.9. The molecule has 0 amide bonds. The van der Waals surface area contributed by atoms with Gasteiger partial charge in [-0.2, -0.15) is 17.6 Å². The fourth-order valence-corrected chi connectivity index (χ4v) is 0.538. The lowest BCUT2D eigenvalue weighted by molar-refractivity contribution is -0.352. The molecule has 0 radical (unpaired) electrons. The molecule has 0 saturated heterocycles. The van der Waals surface area contributed by atoms with Crippen molar-refractivity contribution >= 4 is 0 Å². The molecule has 1 nitrogen and oxygen atoms in total. The van der Waals surface area contributed by atoms with Crippen molar-refractivity contribution in [2.45, 2.75) is 18.5 Å². The first-order chi connectivity index (χ1) is 7.59. The van der Waals surface area contributed by atoms with E-state index in [-0.39, 0.29) is 5.82 Å². The molecule has 1 atom stereocenters. The Morgan fingerprint density at radius 3 is 1.47 bits per heavy atom. The summed E-state index contributed by atoms with van der Waals surface area (Å²) >= 11 is 0. The second kappa shape index (κ2) is 5.85. The molecule has 1 aromatic rings. The molecule has 0 aliphatic carbocycles. The molecule has 0 aliphatic rings. The third kappa shape index (κ3) is 5.03. The molecule has 17 heavy (non-hydrogen) atoms. The van der Waals surface area contributed by atoms with Crippen molar-refractivity contribution in [3.63, 3.8) is 0 Å². The molecule has 0 heterocycles. The minimum atomic E-state index is -5.94. The van der Waals surface area contributed by atoms with E-state index >= 15 is 0 Å². The van der Waals surface area contributed by atoms with Gasteiger partial charge in [0, 0.05) is 0 Å². The first-order valence-electron chi connectivity index (χ1n) is 4.05. The molecule has 0 bridgehead atoms. The fourth-order valence-electron chi connectivity index (χ4n) is 0.538. The highest BCUT2D eigenvalue weighted by Gasteiger charge is 2.62. The Morgan fingerprint density at radius 2 is 1.35 bits per heavy atom. The third-order valence-electron chi connectivity index (χ3n) is 1.42. The smallest absolute Gasteiger partial charge is 0.350 e. The van der Waals surface area contributed by atoms with Crippen LogP contribution in [0.25, 0.3) is 0 Å². The van der Waals surface area contributed by atoms with E-state index in [0.717, 1.165) is 0 Å². The van der Waals surface area contributed by atoms with Crippen LogP contribution in [0, 0.1) is 5.82 Å².